The summed E-state index contributed by atoms with van der Waals surface area (Å²) in [6, 6.07) is 0. The molecule has 0 aliphatic heterocycles. The SMILES string of the molecule is CCCCCc1ncc(CO)c(CO)c1O. The Bertz CT molecular complexity index is 339. The molecule has 0 bridgehead atoms. The Morgan fingerprint density at radius 1 is 1.19 bits per heavy atom. The number of pyridine rings is 1. The van der Waals surface area contributed by atoms with Crippen LogP contribution in [0.3, 0.4) is 0 Å². The smallest absolute Gasteiger partial charge is 0.142 e. The molecule has 1 aromatic rings. The molecule has 1 heterocycles. The van der Waals surface area contributed by atoms with E-state index in [0.29, 0.717) is 23.2 Å². The van der Waals surface area contributed by atoms with Crippen LogP contribution in [0.15, 0.2) is 6.20 Å². The topological polar surface area (TPSA) is 73.6 Å². The van der Waals surface area contributed by atoms with E-state index in [9.17, 15) is 5.11 Å². The van der Waals surface area contributed by atoms with Crippen LogP contribution < -0.4 is 0 Å². The molecule has 0 unspecified atom stereocenters. The predicted molar refractivity (Wildman–Crippen MR) is 61.0 cm³/mol. The number of hydrogen-bond donors (Lipinski definition) is 3. The molecule has 0 atom stereocenters. The molecule has 0 radical (unpaired) electrons. The second-order valence-electron chi connectivity index (χ2n) is 3.83. The first-order chi connectivity index (χ1) is 7.74. The molecule has 0 saturated heterocycles. The third-order valence-corrected chi connectivity index (χ3v) is 2.67. The van der Waals surface area contributed by atoms with Crippen molar-refractivity contribution < 1.29 is 15.3 Å². The Balaban J connectivity index is 2.86. The third kappa shape index (κ3) is 2.93. The summed E-state index contributed by atoms with van der Waals surface area (Å²) in [4.78, 5) is 4.11. The van der Waals surface area contributed by atoms with Gasteiger partial charge < -0.3 is 15.3 Å². The lowest BCUT2D eigenvalue weighted by molar-refractivity contribution is 0.254. The maximum absolute atomic E-state index is 9.87. The summed E-state index contributed by atoms with van der Waals surface area (Å²) in [7, 11) is 0. The molecule has 0 aromatic carbocycles. The van der Waals surface area contributed by atoms with Crippen LogP contribution in [0.5, 0.6) is 5.75 Å². The molecule has 1 aromatic heterocycles. The average molecular weight is 225 g/mol. The van der Waals surface area contributed by atoms with E-state index in [0.717, 1.165) is 19.3 Å². The van der Waals surface area contributed by atoms with Crippen molar-refractivity contribution in [3.05, 3.63) is 23.0 Å². The van der Waals surface area contributed by atoms with E-state index in [2.05, 4.69) is 11.9 Å². The fourth-order valence-electron chi connectivity index (χ4n) is 1.66. The highest BCUT2D eigenvalue weighted by atomic mass is 16.3. The second kappa shape index (κ2) is 6.45. The van der Waals surface area contributed by atoms with E-state index < -0.39 is 0 Å². The normalized spacial score (nSPS) is 10.7. The van der Waals surface area contributed by atoms with Gasteiger partial charge in [0.2, 0.25) is 0 Å². The van der Waals surface area contributed by atoms with Crippen LogP contribution in [0, 0.1) is 0 Å². The molecule has 0 aliphatic rings. The molecule has 0 amide bonds. The van der Waals surface area contributed by atoms with Gasteiger partial charge in [0.1, 0.15) is 5.75 Å². The zero-order valence-corrected chi connectivity index (χ0v) is 9.61. The zero-order chi connectivity index (χ0) is 12.0. The minimum atomic E-state index is -0.273. The second-order valence-corrected chi connectivity index (χ2v) is 3.83. The van der Waals surface area contributed by atoms with Gasteiger partial charge in [-0.05, 0) is 12.8 Å². The highest BCUT2D eigenvalue weighted by molar-refractivity contribution is 5.40. The van der Waals surface area contributed by atoms with Gasteiger partial charge >= 0.3 is 0 Å². The van der Waals surface area contributed by atoms with Crippen molar-refractivity contribution in [2.45, 2.75) is 45.8 Å². The lowest BCUT2D eigenvalue weighted by Gasteiger charge is -2.10. The minimum absolute atomic E-state index is 0.0325. The van der Waals surface area contributed by atoms with Crippen molar-refractivity contribution in [2.75, 3.05) is 0 Å². The molecule has 0 saturated carbocycles. The maximum atomic E-state index is 9.87. The van der Waals surface area contributed by atoms with Gasteiger partial charge in [-0.15, -0.1) is 0 Å². The van der Waals surface area contributed by atoms with Crippen LogP contribution in [-0.4, -0.2) is 20.3 Å². The molecule has 4 heteroatoms. The summed E-state index contributed by atoms with van der Waals surface area (Å²) < 4.78 is 0. The molecule has 0 spiro atoms. The van der Waals surface area contributed by atoms with Crippen LogP contribution in [0.2, 0.25) is 0 Å². The lowest BCUT2D eigenvalue weighted by Crippen LogP contribution is -2.01. The van der Waals surface area contributed by atoms with Gasteiger partial charge in [-0.1, -0.05) is 19.8 Å². The van der Waals surface area contributed by atoms with Crippen molar-refractivity contribution in [3.8, 4) is 5.75 Å². The Morgan fingerprint density at radius 3 is 2.50 bits per heavy atom. The van der Waals surface area contributed by atoms with Gasteiger partial charge in [-0.2, -0.15) is 0 Å². The van der Waals surface area contributed by atoms with Crippen LogP contribution in [0.25, 0.3) is 0 Å². The summed E-state index contributed by atoms with van der Waals surface area (Å²) in [5, 5.41) is 28.0. The molecular weight excluding hydrogens is 206 g/mol. The van der Waals surface area contributed by atoms with Gasteiger partial charge in [0.15, 0.2) is 0 Å². The molecular formula is C12H19NO3. The molecule has 16 heavy (non-hydrogen) atoms. The van der Waals surface area contributed by atoms with E-state index in [1.54, 1.807) is 0 Å². The number of aromatic nitrogens is 1. The number of rotatable bonds is 6. The summed E-state index contributed by atoms with van der Waals surface area (Å²) in [6.45, 7) is 1.62. The number of unbranched alkanes of at least 4 members (excludes halogenated alkanes) is 2. The van der Waals surface area contributed by atoms with Crippen molar-refractivity contribution in [3.63, 3.8) is 0 Å². The van der Waals surface area contributed by atoms with E-state index in [4.69, 9.17) is 10.2 Å². The van der Waals surface area contributed by atoms with Gasteiger partial charge in [-0.25, -0.2) is 0 Å². The monoisotopic (exact) mass is 225 g/mol. The Morgan fingerprint density at radius 2 is 1.94 bits per heavy atom. The Hall–Kier alpha value is -1.13. The Labute approximate surface area is 95.6 Å². The first-order valence-corrected chi connectivity index (χ1v) is 5.64. The maximum Gasteiger partial charge on any atom is 0.142 e. The summed E-state index contributed by atoms with van der Waals surface area (Å²) in [5.74, 6) is 0.0325. The van der Waals surface area contributed by atoms with E-state index >= 15 is 0 Å². The molecule has 3 N–H and O–H groups in total. The highest BCUT2D eigenvalue weighted by Crippen LogP contribution is 2.25. The number of nitrogens with zero attached hydrogens (tertiary/aromatic N) is 1. The highest BCUT2D eigenvalue weighted by Gasteiger charge is 2.12. The van der Waals surface area contributed by atoms with Crippen LogP contribution >= 0.6 is 0 Å². The van der Waals surface area contributed by atoms with E-state index in [1.807, 2.05) is 0 Å². The number of aryl methyl sites for hydroxylation is 1. The number of aliphatic hydroxyl groups excluding tert-OH is 2. The zero-order valence-electron chi connectivity index (χ0n) is 9.61. The molecule has 0 aliphatic carbocycles. The molecule has 0 fully saturated rings. The van der Waals surface area contributed by atoms with Crippen LogP contribution in [0.4, 0.5) is 0 Å². The van der Waals surface area contributed by atoms with E-state index in [-0.39, 0.29) is 19.0 Å². The van der Waals surface area contributed by atoms with Crippen molar-refractivity contribution in [2.24, 2.45) is 0 Å². The molecule has 1 rings (SSSR count). The van der Waals surface area contributed by atoms with Gasteiger partial charge in [-0.3, -0.25) is 4.98 Å². The average Bonchev–Trinajstić information content (AvgIpc) is 2.31. The largest absolute Gasteiger partial charge is 0.506 e. The third-order valence-electron chi connectivity index (χ3n) is 2.67. The van der Waals surface area contributed by atoms with Crippen LogP contribution in [-0.2, 0) is 19.6 Å². The summed E-state index contributed by atoms with van der Waals surface area (Å²) in [6.07, 6.45) is 5.41. The first kappa shape index (κ1) is 12.9. The fraction of sp³-hybridized carbons (Fsp3) is 0.583. The fourth-order valence-corrected chi connectivity index (χ4v) is 1.66. The standard InChI is InChI=1S/C12H19NO3/c1-2-3-4-5-11-12(16)10(8-15)9(7-14)6-13-11/h6,14-16H,2-5,7-8H2,1H3. The molecule has 4 nitrogen and oxygen atoms in total. The van der Waals surface area contributed by atoms with Gasteiger partial charge in [0, 0.05) is 17.3 Å². The number of aliphatic hydroxyl groups is 2. The van der Waals surface area contributed by atoms with Crippen molar-refractivity contribution in [1.29, 1.82) is 0 Å². The predicted octanol–water partition coefficient (Wildman–Crippen LogP) is 1.50. The minimum Gasteiger partial charge on any atom is -0.506 e. The van der Waals surface area contributed by atoms with Crippen molar-refractivity contribution in [1.82, 2.24) is 4.98 Å². The van der Waals surface area contributed by atoms with Gasteiger partial charge in [0.25, 0.3) is 0 Å². The van der Waals surface area contributed by atoms with Crippen LogP contribution in [0.1, 0.15) is 43.0 Å². The summed E-state index contributed by atoms with van der Waals surface area (Å²) in [5.41, 5.74) is 1.48. The van der Waals surface area contributed by atoms with Gasteiger partial charge in [0.05, 0.1) is 18.9 Å². The van der Waals surface area contributed by atoms with E-state index in [1.165, 1.54) is 6.20 Å². The number of aromatic hydroxyl groups is 1. The molecule has 90 valence electrons. The lowest BCUT2D eigenvalue weighted by atomic mass is 10.1. The number of hydrogen-bond acceptors (Lipinski definition) is 4. The summed E-state index contributed by atoms with van der Waals surface area (Å²) >= 11 is 0. The Kier molecular flexibility index (Phi) is 5.22. The van der Waals surface area contributed by atoms with Crippen molar-refractivity contribution >= 4 is 0 Å². The first-order valence-electron chi connectivity index (χ1n) is 5.64. The quantitative estimate of drug-likeness (QED) is 0.641.